The van der Waals surface area contributed by atoms with Crippen LogP contribution in [0, 0.1) is 0 Å². The third-order valence-corrected chi connectivity index (χ3v) is 5.51. The molecule has 0 aromatic heterocycles. The van der Waals surface area contributed by atoms with Crippen LogP contribution in [0.5, 0.6) is 23.0 Å². The van der Waals surface area contributed by atoms with Crippen molar-refractivity contribution in [2.24, 2.45) is 0 Å². The van der Waals surface area contributed by atoms with E-state index in [-0.39, 0.29) is 18.8 Å². The minimum Gasteiger partial charge on any atom is -0.508 e. The van der Waals surface area contributed by atoms with Crippen molar-refractivity contribution in [3.63, 3.8) is 0 Å². The Kier molecular flexibility index (Phi) is 4.22. The molecule has 2 heterocycles. The van der Waals surface area contributed by atoms with E-state index in [2.05, 4.69) is 0 Å². The fourth-order valence-electron chi connectivity index (χ4n) is 3.80. The van der Waals surface area contributed by atoms with Crippen LogP contribution in [0.3, 0.4) is 0 Å². The summed E-state index contributed by atoms with van der Waals surface area (Å²) in [6.45, 7) is 3.01. The number of fused-ring (bicyclic) bond motifs is 5. The van der Waals surface area contributed by atoms with E-state index >= 15 is 0 Å². The van der Waals surface area contributed by atoms with E-state index in [4.69, 9.17) is 14.2 Å². The second kappa shape index (κ2) is 6.27. The summed E-state index contributed by atoms with van der Waals surface area (Å²) in [7, 11) is 1.51. The predicted octanol–water partition coefficient (Wildman–Crippen LogP) is 1.79. The number of aromatic hydroxyl groups is 1. The van der Waals surface area contributed by atoms with Gasteiger partial charge in [0.05, 0.1) is 18.8 Å². The highest BCUT2D eigenvalue weighted by Gasteiger charge is 2.54. The van der Waals surface area contributed by atoms with Gasteiger partial charge in [0.1, 0.15) is 29.6 Å². The van der Waals surface area contributed by atoms with Crippen LogP contribution < -0.4 is 14.2 Å². The molecule has 0 unspecified atom stereocenters. The number of methoxy groups -OCH3 is 1. The monoisotopic (exact) mass is 388 g/mol. The second-order valence-corrected chi connectivity index (χ2v) is 7.93. The molecule has 0 radical (unpaired) electrons. The molecule has 4 rings (SSSR count). The Morgan fingerprint density at radius 3 is 2.71 bits per heavy atom. The van der Waals surface area contributed by atoms with Crippen LogP contribution in [-0.4, -0.2) is 45.8 Å². The fraction of sp³-hybridized carbons (Fsp3) is 0.429. The van der Waals surface area contributed by atoms with Gasteiger partial charge >= 0.3 is 0 Å². The first kappa shape index (κ1) is 18.9. The molecule has 0 amide bonds. The number of ether oxygens (including phenoxy) is 3. The van der Waals surface area contributed by atoms with Crippen LogP contribution in [0.2, 0.25) is 0 Å². The number of phenolic OH excluding ortho intramolecular Hbond substituents is 1. The van der Waals surface area contributed by atoms with Gasteiger partial charge in [-0.15, -0.1) is 0 Å². The fourth-order valence-corrected chi connectivity index (χ4v) is 3.80. The highest BCUT2D eigenvalue weighted by atomic mass is 16.5. The van der Waals surface area contributed by atoms with E-state index < -0.39 is 23.4 Å². The molecule has 7 nitrogen and oxygen atoms in total. The van der Waals surface area contributed by atoms with E-state index in [1.807, 2.05) is 0 Å². The van der Waals surface area contributed by atoms with Crippen LogP contribution >= 0.6 is 0 Å². The summed E-state index contributed by atoms with van der Waals surface area (Å²) in [6, 6.07) is 8.10. The lowest BCUT2D eigenvalue weighted by Crippen LogP contribution is -2.41. The summed E-state index contributed by atoms with van der Waals surface area (Å²) in [5.74, 6) is 1.43. The first-order valence-electron chi connectivity index (χ1n) is 9.10. The first-order valence-corrected chi connectivity index (χ1v) is 9.10. The minimum absolute atomic E-state index is 0.0407. The lowest BCUT2D eigenvalue weighted by molar-refractivity contribution is -0.0866. The summed E-state index contributed by atoms with van der Waals surface area (Å²) in [5, 5.41) is 41.7. The van der Waals surface area contributed by atoms with Crippen molar-refractivity contribution >= 4 is 0 Å². The minimum atomic E-state index is -1.42. The summed E-state index contributed by atoms with van der Waals surface area (Å²) in [5.41, 5.74) is -1.01. The molecule has 2 aromatic carbocycles. The van der Waals surface area contributed by atoms with E-state index in [9.17, 15) is 20.4 Å². The zero-order valence-corrected chi connectivity index (χ0v) is 16.0. The van der Waals surface area contributed by atoms with Gasteiger partial charge in [-0.3, -0.25) is 0 Å². The number of hydrogen-bond donors (Lipinski definition) is 4. The van der Waals surface area contributed by atoms with Gasteiger partial charge < -0.3 is 34.6 Å². The third kappa shape index (κ3) is 2.78. The molecule has 0 saturated heterocycles. The number of hydrogen-bond acceptors (Lipinski definition) is 7. The summed E-state index contributed by atoms with van der Waals surface area (Å²) >= 11 is 0. The molecule has 0 bridgehead atoms. The number of aliphatic hydroxyl groups is 3. The average Bonchev–Trinajstić information content (AvgIpc) is 2.94. The molecular weight excluding hydrogens is 364 g/mol. The van der Waals surface area contributed by atoms with E-state index in [1.165, 1.54) is 33.1 Å². The van der Waals surface area contributed by atoms with Crippen LogP contribution in [0.15, 0.2) is 30.3 Å². The normalized spacial score (nSPS) is 23.7. The summed E-state index contributed by atoms with van der Waals surface area (Å²) in [4.78, 5) is 0. The van der Waals surface area contributed by atoms with Gasteiger partial charge in [-0.2, -0.15) is 0 Å². The smallest absolute Gasteiger partial charge is 0.168 e. The van der Waals surface area contributed by atoms with Crippen LogP contribution in [0.4, 0.5) is 0 Å². The van der Waals surface area contributed by atoms with E-state index in [1.54, 1.807) is 18.2 Å². The average molecular weight is 388 g/mol. The SMILES string of the molecule is COc1ccc2c(c1C[C@@H](O)C(C)(C)O)O[C@H]1c3ccc(O)cc3OC[C@@]21O. The Bertz CT molecular complexity index is 918. The Labute approximate surface area is 162 Å². The quantitative estimate of drug-likeness (QED) is 0.632. The molecular formula is C21H24O7. The highest BCUT2D eigenvalue weighted by Crippen LogP contribution is 2.56. The molecule has 28 heavy (non-hydrogen) atoms. The third-order valence-electron chi connectivity index (χ3n) is 5.51. The second-order valence-electron chi connectivity index (χ2n) is 7.93. The zero-order chi connectivity index (χ0) is 20.3. The lowest BCUT2D eigenvalue weighted by Gasteiger charge is -2.34. The maximum absolute atomic E-state index is 11.4. The summed E-state index contributed by atoms with van der Waals surface area (Å²) in [6.07, 6.45) is -1.70. The van der Waals surface area contributed by atoms with E-state index in [0.29, 0.717) is 33.9 Å². The largest absolute Gasteiger partial charge is 0.508 e. The number of benzene rings is 2. The number of phenols is 1. The van der Waals surface area contributed by atoms with Crippen molar-refractivity contribution in [3.05, 3.63) is 47.0 Å². The maximum Gasteiger partial charge on any atom is 0.168 e. The number of aliphatic hydroxyl groups excluding tert-OH is 1. The van der Waals surface area contributed by atoms with Crippen molar-refractivity contribution in [2.45, 2.75) is 43.7 Å². The van der Waals surface area contributed by atoms with Crippen molar-refractivity contribution in [1.82, 2.24) is 0 Å². The van der Waals surface area contributed by atoms with Gasteiger partial charge in [-0.1, -0.05) is 0 Å². The van der Waals surface area contributed by atoms with Crippen LogP contribution in [-0.2, 0) is 12.0 Å². The molecule has 0 fully saturated rings. The molecule has 7 heteroatoms. The molecule has 2 aromatic rings. The molecule has 4 N–H and O–H groups in total. The van der Waals surface area contributed by atoms with Gasteiger partial charge in [-0.05, 0) is 38.1 Å². The maximum atomic E-state index is 11.4. The van der Waals surface area contributed by atoms with Gasteiger partial charge in [0.25, 0.3) is 0 Å². The zero-order valence-electron chi connectivity index (χ0n) is 16.0. The Morgan fingerprint density at radius 1 is 1.29 bits per heavy atom. The Hall–Kier alpha value is -2.48. The number of rotatable bonds is 4. The molecule has 0 aliphatic carbocycles. The Morgan fingerprint density at radius 2 is 2.04 bits per heavy atom. The lowest BCUT2D eigenvalue weighted by atomic mass is 9.83. The molecule has 0 saturated carbocycles. The predicted molar refractivity (Wildman–Crippen MR) is 99.9 cm³/mol. The Balaban J connectivity index is 1.81. The van der Waals surface area contributed by atoms with Gasteiger partial charge in [0.15, 0.2) is 11.7 Å². The topological polar surface area (TPSA) is 109 Å². The summed E-state index contributed by atoms with van der Waals surface area (Å²) < 4.78 is 17.3. The van der Waals surface area contributed by atoms with E-state index in [0.717, 1.165) is 0 Å². The van der Waals surface area contributed by atoms with Gasteiger partial charge in [0.2, 0.25) is 0 Å². The van der Waals surface area contributed by atoms with Crippen LogP contribution in [0.1, 0.15) is 36.6 Å². The molecule has 0 spiro atoms. The molecule has 3 atom stereocenters. The van der Waals surface area contributed by atoms with Crippen molar-refractivity contribution < 1.29 is 34.6 Å². The molecule has 2 aliphatic rings. The van der Waals surface area contributed by atoms with Crippen molar-refractivity contribution in [3.8, 4) is 23.0 Å². The van der Waals surface area contributed by atoms with Crippen molar-refractivity contribution in [1.29, 1.82) is 0 Å². The highest BCUT2D eigenvalue weighted by molar-refractivity contribution is 5.58. The van der Waals surface area contributed by atoms with Gasteiger partial charge in [-0.25, -0.2) is 0 Å². The molecule has 150 valence electrons. The first-order chi connectivity index (χ1) is 13.1. The molecule has 2 aliphatic heterocycles. The standard InChI is InChI=1S/C21H24O7/c1-20(2,24)17(23)9-13-15(26-3)7-6-14-18(13)28-19-12-5-4-11(22)8-16(12)27-10-21(14,19)25/h4-8,17,19,22-25H,9-10H2,1-3H3/t17-,19+,21-/m1/s1. The van der Waals surface area contributed by atoms with Gasteiger partial charge in [0, 0.05) is 29.2 Å². The van der Waals surface area contributed by atoms with Crippen LogP contribution in [0.25, 0.3) is 0 Å². The van der Waals surface area contributed by atoms with Crippen molar-refractivity contribution in [2.75, 3.05) is 13.7 Å².